The highest BCUT2D eigenvalue weighted by Gasteiger charge is 2.59. The molecule has 3 atom stereocenters. The van der Waals surface area contributed by atoms with Gasteiger partial charge >= 0.3 is 5.97 Å². The summed E-state index contributed by atoms with van der Waals surface area (Å²) in [5.74, 6) is -0.731. The lowest BCUT2D eigenvalue weighted by atomic mass is 9.89. The molecule has 2 aromatic rings. The van der Waals surface area contributed by atoms with Gasteiger partial charge in [0.2, 0.25) is 11.8 Å². The zero-order valence-electron chi connectivity index (χ0n) is 15.4. The Balaban J connectivity index is 1.51. The first kappa shape index (κ1) is 20.2. The number of anilines is 1. The number of aromatic nitrogens is 2. The lowest BCUT2D eigenvalue weighted by Crippen LogP contribution is -2.74. The number of carbonyl (C=O) groups is 3. The van der Waals surface area contributed by atoms with Crippen molar-refractivity contribution in [2.24, 2.45) is 5.41 Å². The number of rotatable bonds is 6. The van der Waals surface area contributed by atoms with E-state index in [1.807, 2.05) is 17.5 Å². The molecule has 2 fully saturated rings. The predicted octanol–water partition coefficient (Wildman–Crippen LogP) is 2.04. The van der Waals surface area contributed by atoms with Crippen LogP contribution >= 0.6 is 34.9 Å². The van der Waals surface area contributed by atoms with Crippen molar-refractivity contribution >= 4 is 57.6 Å². The van der Waals surface area contributed by atoms with Gasteiger partial charge in [0.05, 0.1) is 5.00 Å². The maximum Gasteiger partial charge on any atom is 0.313 e. The van der Waals surface area contributed by atoms with Crippen molar-refractivity contribution < 1.29 is 19.5 Å². The second-order valence-electron chi connectivity index (χ2n) is 6.86. The molecule has 0 spiro atoms. The Hall–Kier alpha value is -2.11. The van der Waals surface area contributed by atoms with E-state index in [0.29, 0.717) is 10.9 Å². The van der Waals surface area contributed by atoms with Crippen LogP contribution in [-0.2, 0) is 14.4 Å². The van der Waals surface area contributed by atoms with Crippen molar-refractivity contribution in [3.63, 3.8) is 0 Å². The van der Waals surface area contributed by atoms with E-state index in [4.69, 9.17) is 0 Å². The van der Waals surface area contributed by atoms with Crippen molar-refractivity contribution in [2.45, 2.75) is 23.5 Å². The standard InChI is InChI=1S/C18H18N4O4S3/c1-11(23)22(12-4-2-7-27-12)13-14(24)21-8-18(16(25)26,9-28-15(13)21)10-29-17-19-5-3-6-20-17/h2-7,13,15H,8-10H2,1H3,(H,25,26)/t13?,15-,18?/m1/s1. The van der Waals surface area contributed by atoms with Gasteiger partial charge in [0.15, 0.2) is 5.16 Å². The summed E-state index contributed by atoms with van der Waals surface area (Å²) in [5.41, 5.74) is -1.09. The van der Waals surface area contributed by atoms with Crippen LogP contribution in [0.5, 0.6) is 0 Å². The fourth-order valence-electron chi connectivity index (χ4n) is 3.45. The smallest absolute Gasteiger partial charge is 0.313 e. The molecule has 8 nitrogen and oxygen atoms in total. The third-order valence-corrected chi connectivity index (χ3v) is 8.56. The van der Waals surface area contributed by atoms with Crippen molar-refractivity contribution in [3.8, 4) is 0 Å². The fourth-order valence-corrected chi connectivity index (χ4v) is 6.96. The Morgan fingerprint density at radius 1 is 1.38 bits per heavy atom. The summed E-state index contributed by atoms with van der Waals surface area (Å²) in [5, 5.41) is 12.8. The summed E-state index contributed by atoms with van der Waals surface area (Å²) in [6.45, 7) is 1.56. The average molecular weight is 451 g/mol. The van der Waals surface area contributed by atoms with E-state index in [1.165, 1.54) is 46.7 Å². The van der Waals surface area contributed by atoms with Crippen LogP contribution in [0.2, 0.25) is 0 Å². The predicted molar refractivity (Wildman–Crippen MR) is 112 cm³/mol. The van der Waals surface area contributed by atoms with Crippen molar-refractivity contribution in [3.05, 3.63) is 36.0 Å². The highest BCUT2D eigenvalue weighted by Crippen LogP contribution is 2.46. The third kappa shape index (κ3) is 3.62. The molecule has 4 rings (SSSR count). The summed E-state index contributed by atoms with van der Waals surface area (Å²) in [6.07, 6.45) is 3.22. The summed E-state index contributed by atoms with van der Waals surface area (Å²) < 4.78 is 0. The number of thioether (sulfide) groups is 2. The van der Waals surface area contributed by atoms with E-state index in [2.05, 4.69) is 9.97 Å². The molecular weight excluding hydrogens is 432 g/mol. The van der Waals surface area contributed by atoms with Gasteiger partial charge in [-0.2, -0.15) is 0 Å². The molecule has 11 heteroatoms. The van der Waals surface area contributed by atoms with Crippen LogP contribution in [0.15, 0.2) is 41.1 Å². The van der Waals surface area contributed by atoms with Crippen LogP contribution in [0.25, 0.3) is 0 Å². The first-order chi connectivity index (χ1) is 13.9. The molecule has 2 saturated heterocycles. The van der Waals surface area contributed by atoms with Crippen LogP contribution in [0.1, 0.15) is 6.92 Å². The largest absolute Gasteiger partial charge is 0.481 e. The van der Waals surface area contributed by atoms with Gasteiger partial charge in [-0.05, 0) is 23.6 Å². The van der Waals surface area contributed by atoms with E-state index in [9.17, 15) is 19.5 Å². The summed E-state index contributed by atoms with van der Waals surface area (Å²) in [6, 6.07) is 4.76. The lowest BCUT2D eigenvalue weighted by Gasteiger charge is -2.55. The van der Waals surface area contributed by atoms with E-state index in [1.54, 1.807) is 23.4 Å². The molecule has 0 aromatic carbocycles. The molecule has 0 saturated carbocycles. The Bertz CT molecular complexity index is 926. The van der Waals surface area contributed by atoms with E-state index < -0.39 is 17.4 Å². The van der Waals surface area contributed by atoms with Crippen molar-refractivity contribution in [1.82, 2.24) is 14.9 Å². The molecule has 1 N–H and O–H groups in total. The Kier molecular flexibility index (Phi) is 5.54. The molecular formula is C18H18N4O4S3. The first-order valence-electron chi connectivity index (χ1n) is 8.81. The van der Waals surface area contributed by atoms with Gasteiger partial charge in [-0.1, -0.05) is 11.8 Å². The highest BCUT2D eigenvalue weighted by atomic mass is 32.2. The molecule has 2 aromatic heterocycles. The molecule has 0 radical (unpaired) electrons. The molecule has 2 unspecified atom stereocenters. The minimum atomic E-state index is -1.09. The second-order valence-corrected chi connectivity index (χ2v) is 9.83. The number of fused-ring (bicyclic) bond motifs is 1. The van der Waals surface area contributed by atoms with Crippen LogP contribution in [0, 0.1) is 5.41 Å². The van der Waals surface area contributed by atoms with E-state index >= 15 is 0 Å². The second kappa shape index (κ2) is 7.96. The number of carboxylic acids is 1. The van der Waals surface area contributed by atoms with Crippen molar-refractivity contribution in [1.29, 1.82) is 0 Å². The molecule has 0 aliphatic carbocycles. The highest BCUT2D eigenvalue weighted by molar-refractivity contribution is 8.00. The van der Waals surface area contributed by atoms with Crippen LogP contribution < -0.4 is 4.90 Å². The van der Waals surface area contributed by atoms with Crippen LogP contribution in [-0.4, -0.2) is 67.2 Å². The first-order valence-corrected chi connectivity index (χ1v) is 11.7. The van der Waals surface area contributed by atoms with Gasteiger partial charge in [-0.3, -0.25) is 19.3 Å². The quantitative estimate of drug-likeness (QED) is 0.405. The van der Waals surface area contributed by atoms with Crippen molar-refractivity contribution in [2.75, 3.05) is 23.0 Å². The fraction of sp³-hybridized carbons (Fsp3) is 0.389. The van der Waals surface area contributed by atoms with Crippen LogP contribution in [0.4, 0.5) is 5.00 Å². The summed E-state index contributed by atoms with van der Waals surface area (Å²) >= 11 is 4.10. The topological polar surface area (TPSA) is 104 Å². The van der Waals surface area contributed by atoms with Gasteiger partial charge < -0.3 is 10.0 Å². The number of hydrogen-bond donors (Lipinski definition) is 1. The molecule has 2 aliphatic rings. The maximum atomic E-state index is 12.9. The molecule has 2 aliphatic heterocycles. The Labute approximate surface area is 179 Å². The minimum absolute atomic E-state index is 0.116. The number of aliphatic carboxylic acids is 1. The molecule has 29 heavy (non-hydrogen) atoms. The Morgan fingerprint density at radius 3 is 2.76 bits per heavy atom. The van der Waals surface area contributed by atoms with Gasteiger partial charge in [-0.25, -0.2) is 9.97 Å². The summed E-state index contributed by atoms with van der Waals surface area (Å²) in [7, 11) is 0. The monoisotopic (exact) mass is 450 g/mol. The minimum Gasteiger partial charge on any atom is -0.481 e. The number of carboxylic acid groups (broad SMARTS) is 1. The maximum absolute atomic E-state index is 12.9. The van der Waals surface area contributed by atoms with Gasteiger partial charge in [0.25, 0.3) is 0 Å². The van der Waals surface area contributed by atoms with E-state index in [-0.39, 0.29) is 29.5 Å². The van der Waals surface area contributed by atoms with Gasteiger partial charge in [-0.15, -0.1) is 23.1 Å². The number of nitrogens with zero attached hydrogens (tertiary/aromatic N) is 4. The zero-order valence-corrected chi connectivity index (χ0v) is 17.9. The number of thiophene rings is 1. The molecule has 4 heterocycles. The van der Waals surface area contributed by atoms with Gasteiger partial charge in [0, 0.05) is 37.4 Å². The number of amides is 2. The van der Waals surface area contributed by atoms with Crippen LogP contribution in [0.3, 0.4) is 0 Å². The van der Waals surface area contributed by atoms with E-state index in [0.717, 1.165) is 5.00 Å². The van der Waals surface area contributed by atoms with Gasteiger partial charge in [0.1, 0.15) is 16.8 Å². The SMILES string of the molecule is CC(=O)N(c1cccs1)C1C(=O)N2CC(CSc3ncccn3)(C(=O)O)CS[C@H]12. The molecule has 0 bridgehead atoms. The number of carbonyl (C=O) groups excluding carboxylic acids is 2. The molecule has 152 valence electrons. The number of hydrogen-bond acceptors (Lipinski definition) is 8. The normalized spacial score (nSPS) is 25.8. The summed E-state index contributed by atoms with van der Waals surface area (Å²) in [4.78, 5) is 48.6. The molecule has 2 amide bonds. The lowest BCUT2D eigenvalue weighted by molar-refractivity contribution is -0.156. The zero-order chi connectivity index (χ0) is 20.6. The Morgan fingerprint density at radius 2 is 2.14 bits per heavy atom. The third-order valence-electron chi connectivity index (χ3n) is 4.95. The number of β-lactam (4-membered cyclic amide) rings is 1. The average Bonchev–Trinajstić information content (AvgIpc) is 3.24.